The van der Waals surface area contributed by atoms with E-state index in [2.05, 4.69) is 0 Å². The summed E-state index contributed by atoms with van der Waals surface area (Å²) in [5.74, 6) is 0.874. The number of fused-ring (bicyclic) bond motifs is 1. The van der Waals surface area contributed by atoms with Gasteiger partial charge in [-0.25, -0.2) is 0 Å². The van der Waals surface area contributed by atoms with Crippen molar-refractivity contribution >= 4 is 0 Å². The summed E-state index contributed by atoms with van der Waals surface area (Å²) in [5, 5.41) is 11.0. The monoisotopic (exact) mass is 240 g/mol. The average molecular weight is 240 g/mol. The van der Waals surface area contributed by atoms with Gasteiger partial charge in [-0.3, -0.25) is 0 Å². The van der Waals surface area contributed by atoms with Gasteiger partial charge in [0.05, 0.1) is 7.11 Å². The molecule has 1 N–H and O–H groups in total. The fourth-order valence-corrected chi connectivity index (χ4v) is 2.86. The first-order valence-electron chi connectivity index (χ1n) is 6.20. The van der Waals surface area contributed by atoms with Crippen molar-refractivity contribution in [1.82, 2.24) is 0 Å². The normalized spacial score (nSPS) is 21.7. The molecule has 0 heterocycles. The molecule has 0 radical (unpaired) electrons. The fraction of sp³-hybridized carbons (Fsp3) is 0.250. The molecule has 0 amide bonds. The SMILES string of the molecule is COc1cccc2c1CC[C@@]2(O)c1ccccc1. The second kappa shape index (κ2) is 4.14. The Morgan fingerprint density at radius 2 is 1.83 bits per heavy atom. The van der Waals surface area contributed by atoms with E-state index in [4.69, 9.17) is 4.74 Å². The van der Waals surface area contributed by atoms with Crippen LogP contribution >= 0.6 is 0 Å². The van der Waals surface area contributed by atoms with Gasteiger partial charge in [0.1, 0.15) is 11.4 Å². The molecule has 2 aromatic carbocycles. The van der Waals surface area contributed by atoms with Crippen molar-refractivity contribution in [3.63, 3.8) is 0 Å². The van der Waals surface area contributed by atoms with Crippen LogP contribution in [0.25, 0.3) is 0 Å². The maximum absolute atomic E-state index is 11.0. The van der Waals surface area contributed by atoms with Crippen molar-refractivity contribution in [1.29, 1.82) is 0 Å². The molecular formula is C16H16O2. The van der Waals surface area contributed by atoms with E-state index in [0.29, 0.717) is 6.42 Å². The van der Waals surface area contributed by atoms with Crippen LogP contribution in [0.2, 0.25) is 0 Å². The van der Waals surface area contributed by atoms with E-state index in [1.807, 2.05) is 48.5 Å². The fourth-order valence-electron chi connectivity index (χ4n) is 2.86. The van der Waals surface area contributed by atoms with Crippen molar-refractivity contribution in [2.75, 3.05) is 7.11 Å². The van der Waals surface area contributed by atoms with E-state index in [1.54, 1.807) is 7.11 Å². The molecule has 0 spiro atoms. The molecule has 0 fully saturated rings. The van der Waals surface area contributed by atoms with E-state index in [9.17, 15) is 5.11 Å². The zero-order valence-corrected chi connectivity index (χ0v) is 10.4. The molecule has 18 heavy (non-hydrogen) atoms. The minimum atomic E-state index is -0.870. The highest BCUT2D eigenvalue weighted by molar-refractivity contribution is 5.51. The molecule has 0 bridgehead atoms. The van der Waals surface area contributed by atoms with Gasteiger partial charge in [0, 0.05) is 5.56 Å². The molecule has 92 valence electrons. The van der Waals surface area contributed by atoms with E-state index < -0.39 is 5.60 Å². The Morgan fingerprint density at radius 1 is 1.06 bits per heavy atom. The summed E-state index contributed by atoms with van der Waals surface area (Å²) in [6.07, 6.45) is 1.57. The lowest BCUT2D eigenvalue weighted by Gasteiger charge is -2.24. The lowest BCUT2D eigenvalue weighted by Crippen LogP contribution is -2.23. The number of ether oxygens (including phenoxy) is 1. The third-order valence-electron chi connectivity index (χ3n) is 3.79. The van der Waals surface area contributed by atoms with Gasteiger partial charge >= 0.3 is 0 Å². The second-order valence-electron chi connectivity index (χ2n) is 4.71. The Kier molecular flexibility index (Phi) is 2.60. The predicted molar refractivity (Wildman–Crippen MR) is 70.8 cm³/mol. The summed E-state index contributed by atoms with van der Waals surface area (Å²) in [5.41, 5.74) is 2.20. The molecule has 1 aliphatic rings. The largest absolute Gasteiger partial charge is 0.496 e. The van der Waals surface area contributed by atoms with E-state index in [0.717, 1.165) is 28.9 Å². The number of rotatable bonds is 2. The van der Waals surface area contributed by atoms with Crippen LogP contribution in [0, 0.1) is 0 Å². The molecule has 1 atom stereocenters. The first-order chi connectivity index (χ1) is 8.75. The van der Waals surface area contributed by atoms with Gasteiger partial charge in [-0.05, 0) is 30.0 Å². The molecule has 1 aliphatic carbocycles. The van der Waals surface area contributed by atoms with Crippen molar-refractivity contribution < 1.29 is 9.84 Å². The highest BCUT2D eigenvalue weighted by Gasteiger charge is 2.39. The lowest BCUT2D eigenvalue weighted by atomic mass is 9.88. The van der Waals surface area contributed by atoms with E-state index in [-0.39, 0.29) is 0 Å². The average Bonchev–Trinajstić information content (AvgIpc) is 2.79. The van der Waals surface area contributed by atoms with Crippen LogP contribution < -0.4 is 4.74 Å². The van der Waals surface area contributed by atoms with Gasteiger partial charge in [0.2, 0.25) is 0 Å². The maximum Gasteiger partial charge on any atom is 0.122 e. The molecule has 0 saturated heterocycles. The first-order valence-corrected chi connectivity index (χ1v) is 6.20. The number of hydrogen-bond donors (Lipinski definition) is 1. The Balaban J connectivity index is 2.15. The van der Waals surface area contributed by atoms with Gasteiger partial charge in [0.15, 0.2) is 0 Å². The van der Waals surface area contributed by atoms with Crippen LogP contribution in [0.1, 0.15) is 23.1 Å². The summed E-state index contributed by atoms with van der Waals surface area (Å²) in [4.78, 5) is 0. The molecule has 0 aromatic heterocycles. The number of aliphatic hydroxyl groups is 1. The third-order valence-corrected chi connectivity index (χ3v) is 3.79. The number of benzene rings is 2. The van der Waals surface area contributed by atoms with Gasteiger partial charge in [-0.15, -0.1) is 0 Å². The summed E-state index contributed by atoms with van der Waals surface area (Å²) < 4.78 is 5.38. The summed E-state index contributed by atoms with van der Waals surface area (Å²) >= 11 is 0. The lowest BCUT2D eigenvalue weighted by molar-refractivity contribution is 0.0829. The predicted octanol–water partition coefficient (Wildman–Crippen LogP) is 2.88. The second-order valence-corrected chi connectivity index (χ2v) is 4.71. The Bertz CT molecular complexity index is 563. The topological polar surface area (TPSA) is 29.5 Å². The highest BCUT2D eigenvalue weighted by atomic mass is 16.5. The number of hydrogen-bond acceptors (Lipinski definition) is 2. The smallest absolute Gasteiger partial charge is 0.122 e. The Morgan fingerprint density at radius 3 is 2.56 bits per heavy atom. The van der Waals surface area contributed by atoms with E-state index in [1.165, 1.54) is 0 Å². The molecule has 3 rings (SSSR count). The molecule has 2 heteroatoms. The van der Waals surface area contributed by atoms with Gasteiger partial charge in [0.25, 0.3) is 0 Å². The van der Waals surface area contributed by atoms with Crippen LogP contribution in [0.5, 0.6) is 5.75 Å². The Hall–Kier alpha value is -1.80. The first kappa shape index (κ1) is 11.3. The van der Waals surface area contributed by atoms with Gasteiger partial charge in [-0.1, -0.05) is 42.5 Å². The van der Waals surface area contributed by atoms with Crippen LogP contribution in [-0.2, 0) is 12.0 Å². The van der Waals surface area contributed by atoms with Crippen LogP contribution in [0.3, 0.4) is 0 Å². The quantitative estimate of drug-likeness (QED) is 0.874. The minimum absolute atomic E-state index is 0.715. The zero-order valence-electron chi connectivity index (χ0n) is 10.4. The van der Waals surface area contributed by atoms with Gasteiger partial charge in [-0.2, -0.15) is 0 Å². The maximum atomic E-state index is 11.0. The molecule has 0 unspecified atom stereocenters. The summed E-state index contributed by atoms with van der Waals surface area (Å²) in [6.45, 7) is 0. The molecule has 0 saturated carbocycles. The molecule has 2 nitrogen and oxygen atoms in total. The van der Waals surface area contributed by atoms with E-state index >= 15 is 0 Å². The molecule has 0 aliphatic heterocycles. The summed E-state index contributed by atoms with van der Waals surface area (Å²) in [6, 6.07) is 15.7. The molecular weight excluding hydrogens is 224 g/mol. The zero-order chi connectivity index (χ0) is 12.6. The Labute approximate surface area is 107 Å². The highest BCUT2D eigenvalue weighted by Crippen LogP contribution is 2.44. The third kappa shape index (κ3) is 1.53. The van der Waals surface area contributed by atoms with Crippen LogP contribution in [0.15, 0.2) is 48.5 Å². The number of methoxy groups -OCH3 is 1. The van der Waals surface area contributed by atoms with Crippen LogP contribution in [0.4, 0.5) is 0 Å². The van der Waals surface area contributed by atoms with Crippen molar-refractivity contribution in [2.45, 2.75) is 18.4 Å². The van der Waals surface area contributed by atoms with Crippen molar-refractivity contribution in [3.05, 3.63) is 65.2 Å². The van der Waals surface area contributed by atoms with Crippen molar-refractivity contribution in [2.24, 2.45) is 0 Å². The van der Waals surface area contributed by atoms with Crippen molar-refractivity contribution in [3.8, 4) is 5.75 Å². The van der Waals surface area contributed by atoms with Crippen LogP contribution in [-0.4, -0.2) is 12.2 Å². The standard InChI is InChI=1S/C16H16O2/c1-18-15-9-5-8-14-13(15)10-11-16(14,17)12-6-3-2-4-7-12/h2-9,17H,10-11H2,1H3/t16-/m1/s1. The van der Waals surface area contributed by atoms with Gasteiger partial charge < -0.3 is 9.84 Å². The molecule has 2 aromatic rings. The summed E-state index contributed by atoms with van der Waals surface area (Å²) in [7, 11) is 1.68. The minimum Gasteiger partial charge on any atom is -0.496 e.